The van der Waals surface area contributed by atoms with Crippen molar-refractivity contribution in [2.45, 2.75) is 37.3 Å². The number of benzene rings is 1. The first-order valence-electron chi connectivity index (χ1n) is 11.9. The van der Waals surface area contributed by atoms with Crippen LogP contribution in [0.1, 0.15) is 41.1 Å². The minimum Gasteiger partial charge on any atom is -0.478 e. The number of carboxylic acids is 1. The van der Waals surface area contributed by atoms with E-state index in [1.54, 1.807) is 24.4 Å². The van der Waals surface area contributed by atoms with Crippen molar-refractivity contribution in [1.82, 2.24) is 19.5 Å². The lowest BCUT2D eigenvalue weighted by Crippen LogP contribution is -2.22. The maximum atomic E-state index is 12.7. The zero-order valence-corrected chi connectivity index (χ0v) is 19.3. The molecule has 6 rings (SSSR count). The second kappa shape index (κ2) is 8.92. The number of allylic oxidation sites excluding steroid dienone is 2. The number of nitrogens with zero attached hydrogens (tertiary/aromatic N) is 4. The molecular formula is C27H24N6O3. The van der Waals surface area contributed by atoms with Crippen LogP contribution < -0.4 is 16.2 Å². The predicted octanol–water partition coefficient (Wildman–Crippen LogP) is 3.97. The average Bonchev–Trinajstić information content (AvgIpc) is 3.65. The molecular weight excluding hydrogens is 456 g/mol. The molecule has 2 aliphatic rings. The third kappa shape index (κ3) is 4.31. The van der Waals surface area contributed by atoms with Crippen LogP contribution in [0.5, 0.6) is 0 Å². The van der Waals surface area contributed by atoms with E-state index in [1.807, 2.05) is 24.5 Å². The molecule has 0 unspecified atom stereocenters. The maximum absolute atomic E-state index is 12.7. The normalized spacial score (nSPS) is 18.9. The summed E-state index contributed by atoms with van der Waals surface area (Å²) in [6.07, 6.45) is 12.5. The van der Waals surface area contributed by atoms with Crippen LogP contribution in [0.15, 0.2) is 78.0 Å². The van der Waals surface area contributed by atoms with Crippen molar-refractivity contribution < 1.29 is 9.90 Å². The lowest BCUT2D eigenvalue weighted by molar-refractivity contribution is 0.0699. The summed E-state index contributed by atoms with van der Waals surface area (Å²) >= 11 is 0. The first-order chi connectivity index (χ1) is 17.5. The summed E-state index contributed by atoms with van der Waals surface area (Å²) in [7, 11) is 0. The predicted molar refractivity (Wildman–Crippen MR) is 137 cm³/mol. The average molecular weight is 481 g/mol. The van der Waals surface area contributed by atoms with E-state index in [1.165, 1.54) is 16.7 Å². The molecule has 3 aromatic heterocycles. The second-order valence-electron chi connectivity index (χ2n) is 9.20. The Hall–Kier alpha value is -4.53. The summed E-state index contributed by atoms with van der Waals surface area (Å²) in [5, 5.41) is 16.9. The summed E-state index contributed by atoms with van der Waals surface area (Å²) in [6, 6.07) is 12.0. The van der Waals surface area contributed by atoms with Crippen LogP contribution in [-0.4, -0.2) is 42.7 Å². The Kier molecular flexibility index (Phi) is 5.44. The van der Waals surface area contributed by atoms with Crippen LogP contribution in [-0.2, 0) is 0 Å². The summed E-state index contributed by atoms with van der Waals surface area (Å²) in [5.74, 6) is 0.743. The van der Waals surface area contributed by atoms with Gasteiger partial charge in [-0.3, -0.25) is 9.36 Å². The smallest absolute Gasteiger partial charge is 0.336 e. The van der Waals surface area contributed by atoms with Crippen LogP contribution in [0.25, 0.3) is 16.6 Å². The number of fused-ring (bicyclic) bond motifs is 1. The van der Waals surface area contributed by atoms with Gasteiger partial charge < -0.3 is 15.7 Å². The quantitative estimate of drug-likeness (QED) is 0.340. The van der Waals surface area contributed by atoms with Crippen LogP contribution in [0.4, 0.5) is 11.8 Å². The van der Waals surface area contributed by atoms with Crippen LogP contribution in [0.3, 0.4) is 0 Å². The van der Waals surface area contributed by atoms with Gasteiger partial charge in [-0.25, -0.2) is 19.7 Å². The van der Waals surface area contributed by atoms with E-state index >= 15 is 0 Å². The van der Waals surface area contributed by atoms with Gasteiger partial charge in [0.2, 0.25) is 5.95 Å². The SMILES string of the molecule is O=C(O)c1cccc2c1ccc(=O)n2-c1ccc(N[C@H]2CC[C@H](Nc3ncc(C4C=C4)cn3)C2)nc1. The minimum absolute atomic E-state index is 0.151. The number of pyridine rings is 2. The third-order valence-corrected chi connectivity index (χ3v) is 6.73. The monoisotopic (exact) mass is 480 g/mol. The third-order valence-electron chi connectivity index (χ3n) is 6.73. The van der Waals surface area contributed by atoms with Gasteiger partial charge in [-0.2, -0.15) is 0 Å². The summed E-state index contributed by atoms with van der Waals surface area (Å²) in [4.78, 5) is 37.7. The van der Waals surface area contributed by atoms with Crippen LogP contribution >= 0.6 is 0 Å². The number of hydrogen-bond donors (Lipinski definition) is 3. The Morgan fingerprint density at radius 3 is 2.39 bits per heavy atom. The lowest BCUT2D eigenvalue weighted by atomic mass is 10.1. The van der Waals surface area contributed by atoms with E-state index in [9.17, 15) is 14.7 Å². The highest BCUT2D eigenvalue weighted by Gasteiger charge is 2.25. The molecule has 1 aromatic carbocycles. The number of anilines is 2. The first-order valence-corrected chi connectivity index (χ1v) is 11.9. The van der Waals surface area contributed by atoms with E-state index in [4.69, 9.17) is 0 Å². The molecule has 1 saturated carbocycles. The molecule has 9 nitrogen and oxygen atoms in total. The van der Waals surface area contributed by atoms with Crippen molar-refractivity contribution in [3.63, 3.8) is 0 Å². The molecule has 2 aliphatic carbocycles. The second-order valence-corrected chi connectivity index (χ2v) is 9.20. The number of aromatic carboxylic acids is 1. The maximum Gasteiger partial charge on any atom is 0.336 e. The Morgan fingerprint density at radius 1 is 0.917 bits per heavy atom. The summed E-state index contributed by atoms with van der Waals surface area (Å²) in [5.41, 5.74) is 2.12. The van der Waals surface area contributed by atoms with Crippen molar-refractivity contribution in [2.75, 3.05) is 10.6 Å². The zero-order chi connectivity index (χ0) is 24.6. The van der Waals surface area contributed by atoms with Gasteiger partial charge in [0.05, 0.1) is 23.0 Å². The molecule has 2 atom stereocenters. The van der Waals surface area contributed by atoms with Crippen molar-refractivity contribution in [3.05, 3.63) is 94.7 Å². The standard InChI is InChI=1S/C27H24N6O3/c34-25-11-9-21-22(26(35)36)2-1-3-23(21)33(25)20-8-10-24(28-15-20)31-18-6-7-19(12-18)32-27-29-13-17(14-30-27)16-4-5-16/h1-5,8-11,13-16,18-19H,6-7,12H2,(H,28,31)(H,35,36)(H,29,30,32)/t18-,19-/m0/s1. The van der Waals surface area contributed by atoms with Gasteiger partial charge in [0.1, 0.15) is 5.82 Å². The topological polar surface area (TPSA) is 122 Å². The van der Waals surface area contributed by atoms with Gasteiger partial charge in [0.15, 0.2) is 0 Å². The number of rotatable bonds is 7. The Labute approximate surface area is 206 Å². The summed E-state index contributed by atoms with van der Waals surface area (Å²) in [6.45, 7) is 0. The molecule has 0 saturated heterocycles. The molecule has 9 heteroatoms. The van der Waals surface area contributed by atoms with Crippen LogP contribution in [0, 0.1) is 0 Å². The van der Waals surface area contributed by atoms with Crippen LogP contribution in [0.2, 0.25) is 0 Å². The molecule has 3 N–H and O–H groups in total. The largest absolute Gasteiger partial charge is 0.478 e. The van der Waals surface area contributed by atoms with E-state index in [0.717, 1.165) is 30.6 Å². The molecule has 36 heavy (non-hydrogen) atoms. The van der Waals surface area contributed by atoms with Crippen molar-refractivity contribution in [2.24, 2.45) is 0 Å². The zero-order valence-electron chi connectivity index (χ0n) is 19.3. The molecule has 3 heterocycles. The molecule has 0 aliphatic heterocycles. The molecule has 0 spiro atoms. The van der Waals surface area contributed by atoms with Crippen molar-refractivity contribution in [3.8, 4) is 5.69 Å². The number of hydrogen-bond acceptors (Lipinski definition) is 7. The van der Waals surface area contributed by atoms with Gasteiger partial charge in [-0.15, -0.1) is 0 Å². The van der Waals surface area contributed by atoms with E-state index in [-0.39, 0.29) is 23.2 Å². The fraction of sp³-hybridized carbons (Fsp3) is 0.222. The Morgan fingerprint density at radius 2 is 1.69 bits per heavy atom. The van der Waals surface area contributed by atoms with Crippen molar-refractivity contribution >= 4 is 28.6 Å². The highest BCUT2D eigenvalue weighted by atomic mass is 16.4. The fourth-order valence-electron chi connectivity index (χ4n) is 4.83. The lowest BCUT2D eigenvalue weighted by Gasteiger charge is -2.16. The Balaban J connectivity index is 1.14. The number of carboxylic acid groups (broad SMARTS) is 1. The highest BCUT2D eigenvalue weighted by molar-refractivity contribution is 6.02. The Bertz CT molecular complexity index is 1520. The molecule has 4 aromatic rings. The van der Waals surface area contributed by atoms with E-state index < -0.39 is 5.97 Å². The van der Waals surface area contributed by atoms with Gasteiger partial charge in [-0.1, -0.05) is 18.2 Å². The van der Waals surface area contributed by atoms with Gasteiger partial charge in [0.25, 0.3) is 5.56 Å². The molecule has 0 bridgehead atoms. The summed E-state index contributed by atoms with van der Waals surface area (Å²) < 4.78 is 1.48. The minimum atomic E-state index is -1.04. The van der Waals surface area contributed by atoms with Gasteiger partial charge >= 0.3 is 5.97 Å². The molecule has 0 radical (unpaired) electrons. The molecule has 1 fully saturated rings. The van der Waals surface area contributed by atoms with E-state index in [0.29, 0.717) is 28.5 Å². The van der Waals surface area contributed by atoms with Crippen molar-refractivity contribution in [1.29, 1.82) is 0 Å². The number of aromatic nitrogens is 4. The molecule has 0 amide bonds. The first kappa shape index (κ1) is 22.0. The fourth-order valence-corrected chi connectivity index (χ4v) is 4.83. The molecule has 180 valence electrons. The van der Waals surface area contributed by atoms with Gasteiger partial charge in [-0.05, 0) is 55.2 Å². The van der Waals surface area contributed by atoms with E-state index in [2.05, 4.69) is 37.7 Å². The number of carbonyl (C=O) groups is 1. The number of nitrogens with one attached hydrogen (secondary N) is 2. The highest BCUT2D eigenvalue weighted by Crippen LogP contribution is 2.29. The van der Waals surface area contributed by atoms with Gasteiger partial charge in [0, 0.05) is 41.8 Å².